The lowest BCUT2D eigenvalue weighted by atomic mass is 10.4. The maximum atomic E-state index is 11.0. The van der Waals surface area contributed by atoms with Gasteiger partial charge in [-0.1, -0.05) is 0 Å². The largest absolute Gasteiger partial charge is 0.464 e. The van der Waals surface area contributed by atoms with E-state index >= 15 is 0 Å². The summed E-state index contributed by atoms with van der Waals surface area (Å²) in [6.45, 7) is 5.79. The van der Waals surface area contributed by atoms with Crippen molar-refractivity contribution in [2.45, 2.75) is 13.3 Å². The van der Waals surface area contributed by atoms with Gasteiger partial charge in [-0.05, 0) is 47.6 Å². The van der Waals surface area contributed by atoms with Crippen molar-refractivity contribution in [3.63, 3.8) is 0 Å². The van der Waals surface area contributed by atoms with Gasteiger partial charge in [-0.25, -0.2) is 4.79 Å². The molecule has 102 valence electrons. The van der Waals surface area contributed by atoms with Crippen LogP contribution in [0, 0.1) is 0 Å². The molecule has 0 N–H and O–H groups in total. The van der Waals surface area contributed by atoms with Crippen LogP contribution in [0.3, 0.4) is 0 Å². The zero-order valence-electron chi connectivity index (χ0n) is 11.6. The van der Waals surface area contributed by atoms with E-state index in [1.807, 2.05) is 0 Å². The summed E-state index contributed by atoms with van der Waals surface area (Å²) in [6.07, 6.45) is 1.14. The number of likely N-dealkylation sites (N-methyl/N-ethyl adjacent to an activating group) is 1. The first kappa shape index (κ1) is 16.4. The summed E-state index contributed by atoms with van der Waals surface area (Å²) in [4.78, 5) is 15.3. The first-order valence-electron chi connectivity index (χ1n) is 6.13. The summed E-state index contributed by atoms with van der Waals surface area (Å²) in [7, 11) is 6.20. The van der Waals surface area contributed by atoms with Crippen molar-refractivity contribution in [3.05, 3.63) is 0 Å². The molecule has 0 saturated heterocycles. The number of hydrogen-bond donors (Lipinski definition) is 0. The van der Waals surface area contributed by atoms with Gasteiger partial charge in [-0.2, -0.15) is 0 Å². The van der Waals surface area contributed by atoms with Gasteiger partial charge in [0.1, 0.15) is 6.61 Å². The fourth-order valence-corrected chi connectivity index (χ4v) is 1.35. The molecule has 0 saturated carbocycles. The van der Waals surface area contributed by atoms with Crippen LogP contribution in [0.4, 0.5) is 0 Å². The predicted molar refractivity (Wildman–Crippen MR) is 68.1 cm³/mol. The van der Waals surface area contributed by atoms with Crippen LogP contribution < -0.4 is 0 Å². The molecule has 0 heterocycles. The van der Waals surface area contributed by atoms with Crippen LogP contribution >= 0.6 is 0 Å². The Morgan fingerprint density at radius 2 is 1.82 bits per heavy atom. The second-order valence-electron chi connectivity index (χ2n) is 4.32. The van der Waals surface area contributed by atoms with Crippen molar-refractivity contribution < 1.29 is 14.3 Å². The Balaban J connectivity index is 3.32. The van der Waals surface area contributed by atoms with Gasteiger partial charge in [-0.15, -0.1) is 0 Å². The standard InChI is InChI=1S/C12H26N2O3/c1-5-17-12(15)11-16-10-9-14(4)8-6-7-13(2)3/h5-11H2,1-4H3. The molecular formula is C12H26N2O3. The van der Waals surface area contributed by atoms with Crippen LogP contribution in [-0.4, -0.2) is 76.4 Å². The summed E-state index contributed by atoms with van der Waals surface area (Å²) in [5, 5.41) is 0. The number of rotatable bonds is 10. The molecule has 0 aromatic carbocycles. The third-order valence-corrected chi connectivity index (χ3v) is 2.29. The third-order valence-electron chi connectivity index (χ3n) is 2.29. The molecule has 0 rings (SSSR count). The minimum atomic E-state index is -0.289. The lowest BCUT2D eigenvalue weighted by Gasteiger charge is -2.17. The highest BCUT2D eigenvalue weighted by Gasteiger charge is 2.02. The van der Waals surface area contributed by atoms with Crippen molar-refractivity contribution in [3.8, 4) is 0 Å². The molecule has 0 spiro atoms. The van der Waals surface area contributed by atoms with Crippen LogP contribution in [0.2, 0.25) is 0 Å². The second kappa shape index (κ2) is 10.5. The highest BCUT2D eigenvalue weighted by atomic mass is 16.6. The van der Waals surface area contributed by atoms with E-state index in [2.05, 4.69) is 30.9 Å². The maximum Gasteiger partial charge on any atom is 0.332 e. The minimum absolute atomic E-state index is 0.0549. The summed E-state index contributed by atoms with van der Waals surface area (Å²) in [5.41, 5.74) is 0. The van der Waals surface area contributed by atoms with Gasteiger partial charge in [0, 0.05) is 6.54 Å². The van der Waals surface area contributed by atoms with E-state index in [0.717, 1.165) is 26.1 Å². The summed E-state index contributed by atoms with van der Waals surface area (Å²) >= 11 is 0. The Kier molecular flexibility index (Phi) is 10.1. The first-order valence-corrected chi connectivity index (χ1v) is 6.13. The molecular weight excluding hydrogens is 220 g/mol. The van der Waals surface area contributed by atoms with Crippen molar-refractivity contribution in [1.82, 2.24) is 9.80 Å². The van der Waals surface area contributed by atoms with E-state index in [9.17, 15) is 4.79 Å². The van der Waals surface area contributed by atoms with Crippen molar-refractivity contribution in [2.75, 3.05) is 60.6 Å². The highest BCUT2D eigenvalue weighted by molar-refractivity contribution is 5.70. The third kappa shape index (κ3) is 11.6. The van der Waals surface area contributed by atoms with Crippen LogP contribution in [0.5, 0.6) is 0 Å². The van der Waals surface area contributed by atoms with E-state index in [1.165, 1.54) is 0 Å². The van der Waals surface area contributed by atoms with Gasteiger partial charge in [0.15, 0.2) is 0 Å². The normalized spacial score (nSPS) is 11.2. The molecule has 0 aliphatic carbocycles. The number of nitrogens with zero attached hydrogens (tertiary/aromatic N) is 2. The topological polar surface area (TPSA) is 42.0 Å². The zero-order valence-corrected chi connectivity index (χ0v) is 11.6. The van der Waals surface area contributed by atoms with Crippen molar-refractivity contribution >= 4 is 5.97 Å². The van der Waals surface area contributed by atoms with Gasteiger partial charge >= 0.3 is 5.97 Å². The molecule has 0 fully saturated rings. The van der Waals surface area contributed by atoms with Crippen LogP contribution in [0.25, 0.3) is 0 Å². The maximum absolute atomic E-state index is 11.0. The molecule has 0 aromatic heterocycles. The average molecular weight is 246 g/mol. The summed E-state index contributed by atoms with van der Waals surface area (Å²) in [6, 6.07) is 0. The molecule has 0 atom stereocenters. The zero-order chi connectivity index (χ0) is 13.1. The summed E-state index contributed by atoms with van der Waals surface area (Å²) in [5.74, 6) is -0.289. The van der Waals surface area contributed by atoms with E-state index in [1.54, 1.807) is 6.92 Å². The van der Waals surface area contributed by atoms with Crippen LogP contribution in [0.1, 0.15) is 13.3 Å². The Labute approximate surface area is 105 Å². The molecule has 0 aromatic rings. The van der Waals surface area contributed by atoms with E-state index < -0.39 is 0 Å². The fourth-order valence-electron chi connectivity index (χ4n) is 1.35. The average Bonchev–Trinajstić information content (AvgIpc) is 2.24. The molecule has 5 heteroatoms. The number of carbonyl (C=O) groups is 1. The predicted octanol–water partition coefficient (Wildman–Crippen LogP) is 0.450. The smallest absolute Gasteiger partial charge is 0.332 e. The monoisotopic (exact) mass is 246 g/mol. The second-order valence-corrected chi connectivity index (χ2v) is 4.32. The number of esters is 1. The number of hydrogen-bond acceptors (Lipinski definition) is 5. The van der Waals surface area contributed by atoms with Gasteiger partial charge in [-0.3, -0.25) is 0 Å². The van der Waals surface area contributed by atoms with Crippen LogP contribution in [0.15, 0.2) is 0 Å². The molecule has 0 aliphatic rings. The fraction of sp³-hybridized carbons (Fsp3) is 0.917. The number of ether oxygens (including phenoxy) is 2. The lowest BCUT2D eigenvalue weighted by Crippen LogP contribution is -2.27. The molecule has 17 heavy (non-hydrogen) atoms. The molecule has 5 nitrogen and oxygen atoms in total. The molecule has 0 aliphatic heterocycles. The van der Waals surface area contributed by atoms with Gasteiger partial charge in [0.05, 0.1) is 13.2 Å². The first-order chi connectivity index (χ1) is 8.06. The van der Waals surface area contributed by atoms with Crippen molar-refractivity contribution in [2.24, 2.45) is 0 Å². The van der Waals surface area contributed by atoms with E-state index in [-0.39, 0.29) is 12.6 Å². The number of carbonyl (C=O) groups excluding carboxylic acids is 1. The molecule has 0 radical (unpaired) electrons. The Hall–Kier alpha value is -0.650. The molecule has 0 amide bonds. The van der Waals surface area contributed by atoms with Crippen LogP contribution in [-0.2, 0) is 14.3 Å². The van der Waals surface area contributed by atoms with Gasteiger partial charge < -0.3 is 19.3 Å². The molecule has 0 unspecified atom stereocenters. The van der Waals surface area contributed by atoms with E-state index in [4.69, 9.17) is 9.47 Å². The quantitative estimate of drug-likeness (QED) is 0.413. The van der Waals surface area contributed by atoms with Gasteiger partial charge in [0.25, 0.3) is 0 Å². The minimum Gasteiger partial charge on any atom is -0.464 e. The summed E-state index contributed by atoms with van der Waals surface area (Å²) < 4.78 is 9.98. The Morgan fingerprint density at radius 3 is 2.41 bits per heavy atom. The van der Waals surface area contributed by atoms with E-state index in [0.29, 0.717) is 13.2 Å². The lowest BCUT2D eigenvalue weighted by molar-refractivity contribution is -0.148. The van der Waals surface area contributed by atoms with Gasteiger partial charge in [0.2, 0.25) is 0 Å². The highest BCUT2D eigenvalue weighted by Crippen LogP contribution is 1.90. The van der Waals surface area contributed by atoms with Crippen molar-refractivity contribution in [1.29, 1.82) is 0 Å². The Morgan fingerprint density at radius 1 is 1.12 bits per heavy atom. The SMILES string of the molecule is CCOC(=O)COCCN(C)CCCN(C)C. The molecule has 0 bridgehead atoms. The Bertz CT molecular complexity index is 198.